The van der Waals surface area contributed by atoms with Crippen molar-refractivity contribution in [3.63, 3.8) is 0 Å². The van der Waals surface area contributed by atoms with E-state index < -0.39 is 0 Å². The van der Waals surface area contributed by atoms with Crippen molar-refractivity contribution < 1.29 is 9.84 Å². The molecule has 0 saturated carbocycles. The maximum Gasteiger partial charge on any atom is 0.163 e. The van der Waals surface area contributed by atoms with E-state index in [-0.39, 0.29) is 5.75 Å². The third kappa shape index (κ3) is 2.19. The van der Waals surface area contributed by atoms with Gasteiger partial charge in [-0.15, -0.1) is 0 Å². The molecule has 0 amide bonds. The SMILES string of the molecule is CCCCc1c(C)ccc(O)c1OC. The first kappa shape index (κ1) is 10.9. The molecule has 0 radical (unpaired) electrons. The molecule has 2 nitrogen and oxygen atoms in total. The van der Waals surface area contributed by atoms with E-state index in [9.17, 15) is 5.11 Å². The lowest BCUT2D eigenvalue weighted by Crippen LogP contribution is -1.96. The number of hydrogen-bond acceptors (Lipinski definition) is 2. The van der Waals surface area contributed by atoms with Crippen LogP contribution in [-0.2, 0) is 6.42 Å². The van der Waals surface area contributed by atoms with E-state index in [2.05, 4.69) is 6.92 Å². The zero-order valence-corrected chi connectivity index (χ0v) is 9.13. The highest BCUT2D eigenvalue weighted by atomic mass is 16.5. The van der Waals surface area contributed by atoms with Crippen molar-refractivity contribution in [2.45, 2.75) is 33.1 Å². The largest absolute Gasteiger partial charge is 0.504 e. The van der Waals surface area contributed by atoms with Gasteiger partial charge in [-0.2, -0.15) is 0 Å². The van der Waals surface area contributed by atoms with Crippen molar-refractivity contribution in [3.8, 4) is 11.5 Å². The molecule has 0 aromatic heterocycles. The lowest BCUT2D eigenvalue weighted by Gasteiger charge is -2.12. The lowest BCUT2D eigenvalue weighted by molar-refractivity contribution is 0.368. The fraction of sp³-hybridized carbons (Fsp3) is 0.500. The summed E-state index contributed by atoms with van der Waals surface area (Å²) in [6, 6.07) is 3.62. The normalized spacial score (nSPS) is 10.2. The van der Waals surface area contributed by atoms with Gasteiger partial charge in [-0.3, -0.25) is 0 Å². The molecule has 2 heteroatoms. The number of ether oxygens (including phenoxy) is 1. The van der Waals surface area contributed by atoms with Crippen LogP contribution < -0.4 is 4.74 Å². The first-order valence-corrected chi connectivity index (χ1v) is 5.06. The Balaban J connectivity index is 3.03. The van der Waals surface area contributed by atoms with E-state index in [1.54, 1.807) is 13.2 Å². The van der Waals surface area contributed by atoms with E-state index in [0.29, 0.717) is 5.75 Å². The highest BCUT2D eigenvalue weighted by molar-refractivity contribution is 5.49. The molecule has 0 bridgehead atoms. The summed E-state index contributed by atoms with van der Waals surface area (Å²) in [5.41, 5.74) is 2.32. The van der Waals surface area contributed by atoms with Gasteiger partial charge in [0.25, 0.3) is 0 Å². The molecule has 0 saturated heterocycles. The molecule has 1 N–H and O–H groups in total. The molecule has 0 atom stereocenters. The van der Waals surface area contributed by atoms with Crippen LogP contribution in [0.5, 0.6) is 11.5 Å². The predicted molar refractivity (Wildman–Crippen MR) is 58.0 cm³/mol. The average Bonchev–Trinajstić information content (AvgIpc) is 2.19. The number of phenolic OH excluding ortho intramolecular Hbond substituents is 1. The molecule has 0 fully saturated rings. The van der Waals surface area contributed by atoms with Crippen molar-refractivity contribution in [2.75, 3.05) is 7.11 Å². The molecular weight excluding hydrogens is 176 g/mol. The second kappa shape index (κ2) is 4.89. The van der Waals surface area contributed by atoms with E-state index in [1.165, 1.54) is 5.56 Å². The van der Waals surface area contributed by atoms with E-state index in [4.69, 9.17) is 4.74 Å². The van der Waals surface area contributed by atoms with Gasteiger partial charge in [0.05, 0.1) is 7.11 Å². The van der Waals surface area contributed by atoms with Gasteiger partial charge in [0.2, 0.25) is 0 Å². The predicted octanol–water partition coefficient (Wildman–Crippen LogP) is 3.05. The van der Waals surface area contributed by atoms with Crippen LogP contribution in [0.25, 0.3) is 0 Å². The number of benzene rings is 1. The molecule has 78 valence electrons. The number of unbranched alkanes of at least 4 members (excludes halogenated alkanes) is 1. The molecule has 1 aromatic rings. The van der Waals surface area contributed by atoms with E-state index in [1.807, 2.05) is 13.0 Å². The Morgan fingerprint density at radius 3 is 2.64 bits per heavy atom. The van der Waals surface area contributed by atoms with E-state index in [0.717, 1.165) is 24.8 Å². The average molecular weight is 194 g/mol. The van der Waals surface area contributed by atoms with Crippen LogP contribution in [0.3, 0.4) is 0 Å². The Kier molecular flexibility index (Phi) is 3.81. The van der Waals surface area contributed by atoms with Crippen molar-refractivity contribution in [3.05, 3.63) is 23.3 Å². The summed E-state index contributed by atoms with van der Waals surface area (Å²) in [6.45, 7) is 4.21. The molecule has 1 aromatic carbocycles. The van der Waals surface area contributed by atoms with Crippen LogP contribution in [0, 0.1) is 6.92 Å². The smallest absolute Gasteiger partial charge is 0.163 e. The number of rotatable bonds is 4. The fourth-order valence-corrected chi connectivity index (χ4v) is 1.61. The van der Waals surface area contributed by atoms with Gasteiger partial charge >= 0.3 is 0 Å². The van der Waals surface area contributed by atoms with Crippen molar-refractivity contribution in [2.24, 2.45) is 0 Å². The molecule has 0 heterocycles. The van der Waals surface area contributed by atoms with Crippen molar-refractivity contribution in [1.82, 2.24) is 0 Å². The van der Waals surface area contributed by atoms with Crippen LogP contribution in [0.15, 0.2) is 12.1 Å². The maximum atomic E-state index is 9.59. The summed E-state index contributed by atoms with van der Waals surface area (Å²) in [5, 5.41) is 9.59. The van der Waals surface area contributed by atoms with Crippen molar-refractivity contribution in [1.29, 1.82) is 0 Å². The van der Waals surface area contributed by atoms with Crippen LogP contribution in [0.1, 0.15) is 30.9 Å². The van der Waals surface area contributed by atoms with Crippen LogP contribution in [-0.4, -0.2) is 12.2 Å². The van der Waals surface area contributed by atoms with Crippen molar-refractivity contribution >= 4 is 0 Å². The highest BCUT2D eigenvalue weighted by Gasteiger charge is 2.10. The summed E-state index contributed by atoms with van der Waals surface area (Å²) in [6.07, 6.45) is 3.25. The van der Waals surface area contributed by atoms with Gasteiger partial charge in [0.15, 0.2) is 11.5 Å². The molecular formula is C12H18O2. The number of hydrogen-bond donors (Lipinski definition) is 1. The third-order valence-electron chi connectivity index (χ3n) is 2.46. The number of aryl methyl sites for hydroxylation is 1. The number of aromatic hydroxyl groups is 1. The van der Waals surface area contributed by atoms with Gasteiger partial charge in [0.1, 0.15) is 0 Å². The molecule has 0 aliphatic heterocycles. The maximum absolute atomic E-state index is 9.59. The third-order valence-corrected chi connectivity index (χ3v) is 2.46. The summed E-state index contributed by atoms with van der Waals surface area (Å²) in [7, 11) is 1.60. The Hall–Kier alpha value is -1.18. The molecule has 0 unspecified atom stereocenters. The van der Waals surface area contributed by atoms with Crippen LogP contribution >= 0.6 is 0 Å². The standard InChI is InChI=1S/C12H18O2/c1-4-5-6-10-9(2)7-8-11(13)12(10)14-3/h7-8,13H,4-6H2,1-3H3. The number of phenols is 1. The Morgan fingerprint density at radius 2 is 2.07 bits per heavy atom. The minimum absolute atomic E-state index is 0.240. The topological polar surface area (TPSA) is 29.5 Å². The quantitative estimate of drug-likeness (QED) is 0.798. The summed E-state index contributed by atoms with van der Waals surface area (Å²) < 4.78 is 5.20. The van der Waals surface area contributed by atoms with E-state index >= 15 is 0 Å². The summed E-state index contributed by atoms with van der Waals surface area (Å²) in [4.78, 5) is 0. The Labute approximate surface area is 85.5 Å². The van der Waals surface area contributed by atoms with Gasteiger partial charge in [0, 0.05) is 5.56 Å². The van der Waals surface area contributed by atoms with Gasteiger partial charge in [-0.05, 0) is 31.4 Å². The summed E-state index contributed by atoms with van der Waals surface area (Å²) >= 11 is 0. The minimum atomic E-state index is 0.240. The Bertz CT molecular complexity index is 305. The molecule has 14 heavy (non-hydrogen) atoms. The van der Waals surface area contributed by atoms with Crippen LogP contribution in [0.2, 0.25) is 0 Å². The minimum Gasteiger partial charge on any atom is -0.504 e. The first-order valence-electron chi connectivity index (χ1n) is 5.06. The fourth-order valence-electron chi connectivity index (χ4n) is 1.61. The highest BCUT2D eigenvalue weighted by Crippen LogP contribution is 2.33. The lowest BCUT2D eigenvalue weighted by atomic mass is 10.0. The molecule has 0 aliphatic rings. The molecule has 0 aliphatic carbocycles. The van der Waals surface area contributed by atoms with Gasteiger partial charge in [-0.25, -0.2) is 0 Å². The Morgan fingerprint density at radius 1 is 1.36 bits per heavy atom. The first-order chi connectivity index (χ1) is 6.70. The molecule has 0 spiro atoms. The van der Waals surface area contributed by atoms with Gasteiger partial charge < -0.3 is 9.84 Å². The van der Waals surface area contributed by atoms with Gasteiger partial charge in [-0.1, -0.05) is 19.4 Å². The summed E-state index contributed by atoms with van der Waals surface area (Å²) in [5.74, 6) is 0.877. The molecule has 1 rings (SSSR count). The van der Waals surface area contributed by atoms with Crippen LogP contribution in [0.4, 0.5) is 0 Å². The second-order valence-corrected chi connectivity index (χ2v) is 3.52. The number of methoxy groups -OCH3 is 1. The zero-order chi connectivity index (χ0) is 10.6. The monoisotopic (exact) mass is 194 g/mol. The second-order valence-electron chi connectivity index (χ2n) is 3.52. The zero-order valence-electron chi connectivity index (χ0n) is 9.13.